The average molecular weight is 664 g/mol. The third kappa shape index (κ3) is 7.21. The Morgan fingerprint density at radius 2 is 1.55 bits per heavy atom. The first-order valence-electron chi connectivity index (χ1n) is 15.8. The van der Waals surface area contributed by atoms with Gasteiger partial charge in [0.2, 0.25) is 10.0 Å². The highest BCUT2D eigenvalue weighted by atomic mass is 32.2. The molecule has 0 radical (unpaired) electrons. The van der Waals surface area contributed by atoms with Gasteiger partial charge in [0.1, 0.15) is 23.0 Å². The number of hydrogen-bond acceptors (Lipinski definition) is 8. The lowest BCUT2D eigenvalue weighted by molar-refractivity contribution is -0.120. The summed E-state index contributed by atoms with van der Waals surface area (Å²) in [5, 5.41) is 2.77. The topological polar surface area (TPSA) is 141 Å². The number of allylic oxidation sites excluding steroid dienone is 4. The molecule has 2 aromatic rings. The molecule has 0 bridgehead atoms. The van der Waals surface area contributed by atoms with Crippen molar-refractivity contribution in [3.8, 4) is 17.0 Å². The van der Waals surface area contributed by atoms with Crippen molar-refractivity contribution in [1.29, 1.82) is 0 Å². The van der Waals surface area contributed by atoms with Gasteiger partial charge in [-0.3, -0.25) is 14.4 Å². The number of ketones is 2. The summed E-state index contributed by atoms with van der Waals surface area (Å²) in [6, 6.07) is 8.80. The molecule has 0 atom stereocenters. The number of benzene rings is 1. The number of carbonyl (C=O) groups is 3. The van der Waals surface area contributed by atoms with Crippen LogP contribution in [0.4, 0.5) is 0 Å². The van der Waals surface area contributed by atoms with Crippen LogP contribution >= 0.6 is 0 Å². The highest BCUT2D eigenvalue weighted by molar-refractivity contribution is 7.88. The van der Waals surface area contributed by atoms with E-state index in [0.717, 1.165) is 17.4 Å². The second-order valence-electron chi connectivity index (χ2n) is 15.3. The summed E-state index contributed by atoms with van der Waals surface area (Å²) in [6.45, 7) is 13.5. The molecule has 1 aromatic carbocycles. The number of ether oxygens (including phenoxy) is 2. The third-order valence-electron chi connectivity index (χ3n) is 8.98. The fraction of sp³-hybridized carbons (Fsp3) is 0.500. The fourth-order valence-electron chi connectivity index (χ4n) is 7.12. The first kappa shape index (κ1) is 34.5. The predicted octanol–water partition coefficient (Wildman–Crippen LogP) is 5.52. The Morgan fingerprint density at radius 1 is 0.979 bits per heavy atom. The quantitative estimate of drug-likeness (QED) is 0.376. The maximum atomic E-state index is 13.9. The van der Waals surface area contributed by atoms with Crippen molar-refractivity contribution in [2.24, 2.45) is 10.8 Å². The monoisotopic (exact) mass is 663 g/mol. The molecule has 3 aliphatic rings. The van der Waals surface area contributed by atoms with Crippen LogP contribution in [0.2, 0.25) is 0 Å². The summed E-state index contributed by atoms with van der Waals surface area (Å²) in [4.78, 5) is 45.7. The van der Waals surface area contributed by atoms with Crippen molar-refractivity contribution in [3.05, 3.63) is 69.8 Å². The van der Waals surface area contributed by atoms with Gasteiger partial charge in [-0.15, -0.1) is 0 Å². The van der Waals surface area contributed by atoms with Crippen LogP contribution < -0.4 is 14.8 Å². The summed E-state index contributed by atoms with van der Waals surface area (Å²) >= 11 is 0. The van der Waals surface area contributed by atoms with Crippen LogP contribution in [0.15, 0.2) is 53.0 Å². The molecule has 252 valence electrons. The predicted molar refractivity (Wildman–Crippen MR) is 179 cm³/mol. The fourth-order valence-corrected chi connectivity index (χ4v) is 8.20. The number of hydrogen-bond donors (Lipinski definition) is 2. The van der Waals surface area contributed by atoms with E-state index in [4.69, 9.17) is 9.47 Å². The van der Waals surface area contributed by atoms with Gasteiger partial charge in [0, 0.05) is 60.0 Å². The summed E-state index contributed by atoms with van der Waals surface area (Å²) in [5.74, 6) is 0.592. The lowest BCUT2D eigenvalue weighted by Gasteiger charge is -2.43. The molecular formula is C36H45N3O7S. The van der Waals surface area contributed by atoms with Crippen LogP contribution in [-0.4, -0.2) is 56.3 Å². The number of rotatable bonds is 8. The van der Waals surface area contributed by atoms with Gasteiger partial charge in [0.15, 0.2) is 11.6 Å². The summed E-state index contributed by atoms with van der Waals surface area (Å²) in [7, 11) is -1.91. The average Bonchev–Trinajstić information content (AvgIpc) is 2.92. The van der Waals surface area contributed by atoms with E-state index in [1.807, 2.05) is 19.1 Å². The number of nitrogens with zero attached hydrogens (tertiary/aromatic N) is 1. The van der Waals surface area contributed by atoms with Crippen molar-refractivity contribution in [1.82, 2.24) is 15.0 Å². The highest BCUT2D eigenvalue weighted by Crippen LogP contribution is 2.55. The lowest BCUT2D eigenvalue weighted by Crippen LogP contribution is -2.51. The highest BCUT2D eigenvalue weighted by Gasteiger charge is 2.49. The van der Waals surface area contributed by atoms with Crippen LogP contribution in [0.25, 0.3) is 11.3 Å². The van der Waals surface area contributed by atoms with E-state index in [1.165, 1.54) is 0 Å². The van der Waals surface area contributed by atoms with Crippen LogP contribution in [0, 0.1) is 17.8 Å². The van der Waals surface area contributed by atoms with Gasteiger partial charge >= 0.3 is 0 Å². The molecule has 47 heavy (non-hydrogen) atoms. The largest absolute Gasteiger partial charge is 0.496 e. The molecular weight excluding hydrogens is 618 g/mol. The van der Waals surface area contributed by atoms with E-state index < -0.39 is 27.4 Å². The molecule has 11 heteroatoms. The minimum Gasteiger partial charge on any atom is -0.496 e. The van der Waals surface area contributed by atoms with E-state index in [9.17, 15) is 22.8 Å². The number of aromatic nitrogens is 1. The minimum absolute atomic E-state index is 0.0395. The van der Waals surface area contributed by atoms with E-state index >= 15 is 0 Å². The first-order valence-corrected chi connectivity index (χ1v) is 17.7. The molecule has 0 spiro atoms. The zero-order valence-electron chi connectivity index (χ0n) is 28.7. The van der Waals surface area contributed by atoms with Gasteiger partial charge in [-0.1, -0.05) is 33.8 Å². The van der Waals surface area contributed by atoms with Gasteiger partial charge in [0.05, 0.1) is 25.0 Å². The standard InChI is InChI=1S/C36H45N3O7S/c1-20-21(22-11-10-12-23(38-22)33(42)37-19-36(6,7)39-47(9,43)44)13-14-26(45-8)29(20)32-30-24(40)15-34(2,3)17-27(30)46-28-18-35(4,5)16-25(41)31(28)32/h10-14,32,39H,15-19H2,1-9H3,(H,37,42). The number of amides is 1. The molecule has 0 saturated carbocycles. The normalized spacial score (nSPS) is 19.6. The van der Waals surface area contributed by atoms with Crippen LogP contribution in [-0.2, 0) is 24.3 Å². The van der Waals surface area contributed by atoms with E-state index in [-0.39, 0.29) is 34.6 Å². The van der Waals surface area contributed by atoms with Crippen molar-refractivity contribution in [2.45, 2.75) is 85.6 Å². The van der Waals surface area contributed by atoms with E-state index in [2.05, 4.69) is 42.7 Å². The Morgan fingerprint density at radius 3 is 2.09 bits per heavy atom. The molecule has 0 saturated heterocycles. The molecule has 1 aliphatic heterocycles. The van der Waals surface area contributed by atoms with Gasteiger partial charge in [-0.05, 0) is 61.4 Å². The minimum atomic E-state index is -3.48. The number of nitrogens with one attached hydrogen (secondary N) is 2. The van der Waals surface area contributed by atoms with Gasteiger partial charge in [0.25, 0.3) is 5.91 Å². The molecule has 0 unspecified atom stereocenters. The smallest absolute Gasteiger partial charge is 0.269 e. The molecule has 2 aliphatic carbocycles. The summed E-state index contributed by atoms with van der Waals surface area (Å²) < 4.78 is 38.4. The Balaban J connectivity index is 1.60. The second kappa shape index (κ2) is 12.0. The molecule has 1 amide bonds. The SMILES string of the molecule is COc1ccc(-c2cccc(C(=O)NCC(C)(C)NS(C)(=O)=O)n2)c(C)c1C1C2=C(CC(C)(C)CC2=O)OC2=C1C(=O)CC(C)(C)C2. The Bertz CT molecular complexity index is 1800. The van der Waals surface area contributed by atoms with Gasteiger partial charge in [-0.25, -0.2) is 18.1 Å². The molecule has 2 N–H and O–H groups in total. The molecule has 1 aromatic heterocycles. The van der Waals surface area contributed by atoms with Crippen LogP contribution in [0.1, 0.15) is 94.8 Å². The Kier molecular flexibility index (Phi) is 8.81. The summed E-state index contributed by atoms with van der Waals surface area (Å²) in [6.07, 6.45) is 2.89. The molecule has 0 fully saturated rings. The lowest BCUT2D eigenvalue weighted by atomic mass is 9.65. The zero-order chi connectivity index (χ0) is 34.7. The molecule has 5 rings (SSSR count). The maximum Gasteiger partial charge on any atom is 0.269 e. The van der Waals surface area contributed by atoms with Gasteiger partial charge < -0.3 is 14.8 Å². The van der Waals surface area contributed by atoms with Crippen molar-refractivity contribution in [3.63, 3.8) is 0 Å². The van der Waals surface area contributed by atoms with Gasteiger partial charge in [-0.2, -0.15) is 0 Å². The Labute approximate surface area is 277 Å². The van der Waals surface area contributed by atoms with Crippen molar-refractivity contribution < 1.29 is 32.3 Å². The number of methoxy groups -OCH3 is 1. The van der Waals surface area contributed by atoms with E-state index in [0.29, 0.717) is 65.4 Å². The number of carbonyl (C=O) groups excluding carboxylic acids is 3. The second-order valence-corrected chi connectivity index (χ2v) is 17.0. The van der Waals surface area contributed by atoms with Crippen LogP contribution in [0.3, 0.4) is 0 Å². The van der Waals surface area contributed by atoms with Crippen LogP contribution in [0.5, 0.6) is 5.75 Å². The number of Topliss-reactive ketones (excluding diaryl/α,β-unsaturated/α-hetero) is 2. The molecule has 10 nitrogen and oxygen atoms in total. The van der Waals surface area contributed by atoms with Crippen molar-refractivity contribution >= 4 is 27.5 Å². The number of sulfonamides is 1. The third-order valence-corrected chi connectivity index (χ3v) is 9.90. The maximum absolute atomic E-state index is 13.9. The van der Waals surface area contributed by atoms with Crippen molar-refractivity contribution in [2.75, 3.05) is 19.9 Å². The first-order chi connectivity index (χ1) is 21.7. The Hall–Kier alpha value is -3.83. The molecule has 2 heterocycles. The number of pyridine rings is 1. The van der Waals surface area contributed by atoms with E-state index in [1.54, 1.807) is 39.2 Å². The zero-order valence-corrected chi connectivity index (χ0v) is 29.5. The summed E-state index contributed by atoms with van der Waals surface area (Å²) in [5.41, 5.74) is 2.43.